The van der Waals surface area contributed by atoms with Crippen molar-refractivity contribution in [2.24, 2.45) is 0 Å². The smallest absolute Gasteiger partial charge is 0.295 e. The number of carbonyl (C=O) groups is 2. The van der Waals surface area contributed by atoms with Crippen LogP contribution in [-0.4, -0.2) is 39.9 Å². The van der Waals surface area contributed by atoms with Crippen LogP contribution in [0.2, 0.25) is 0 Å². The lowest BCUT2D eigenvalue weighted by Gasteiger charge is -2.25. The zero-order chi connectivity index (χ0) is 25.5. The average molecular weight is 485 g/mol. The van der Waals surface area contributed by atoms with Gasteiger partial charge >= 0.3 is 0 Å². The van der Waals surface area contributed by atoms with Crippen LogP contribution in [0.15, 0.2) is 91.3 Å². The molecule has 2 heterocycles. The number of hydrogen-bond donors (Lipinski definition) is 1. The van der Waals surface area contributed by atoms with Crippen molar-refractivity contribution in [3.05, 3.63) is 108 Å². The second-order valence-corrected chi connectivity index (χ2v) is 8.33. The van der Waals surface area contributed by atoms with Crippen LogP contribution in [0.4, 0.5) is 0 Å². The number of Topliss-reactive ketones (excluding diaryl/α,β-unsaturated/α-hetero) is 1. The van der Waals surface area contributed by atoms with Crippen LogP contribution in [0.3, 0.4) is 0 Å². The van der Waals surface area contributed by atoms with E-state index in [-0.39, 0.29) is 17.9 Å². The van der Waals surface area contributed by atoms with Gasteiger partial charge in [-0.1, -0.05) is 43.8 Å². The topological polar surface area (TPSA) is 89.0 Å². The number of pyridine rings is 1. The van der Waals surface area contributed by atoms with Crippen LogP contribution < -0.4 is 9.47 Å². The molecule has 2 aromatic carbocycles. The van der Waals surface area contributed by atoms with Crippen LogP contribution in [0.1, 0.15) is 36.1 Å². The second-order valence-electron chi connectivity index (χ2n) is 8.33. The van der Waals surface area contributed by atoms with E-state index < -0.39 is 17.7 Å². The highest BCUT2D eigenvalue weighted by Crippen LogP contribution is 2.41. The Labute approximate surface area is 210 Å². The zero-order valence-corrected chi connectivity index (χ0v) is 20.1. The van der Waals surface area contributed by atoms with E-state index in [9.17, 15) is 14.7 Å². The first-order valence-electron chi connectivity index (χ1n) is 11.8. The van der Waals surface area contributed by atoms with Crippen molar-refractivity contribution >= 4 is 17.4 Å². The quantitative estimate of drug-likeness (QED) is 0.187. The number of ether oxygens (including phenoxy) is 2. The van der Waals surface area contributed by atoms with Gasteiger partial charge in [0.2, 0.25) is 0 Å². The largest absolute Gasteiger partial charge is 0.507 e. The number of aliphatic hydroxyl groups excluding tert-OH is 1. The Bertz CT molecular complexity index is 1270. The molecule has 1 amide bonds. The van der Waals surface area contributed by atoms with E-state index in [4.69, 9.17) is 9.47 Å². The van der Waals surface area contributed by atoms with Crippen molar-refractivity contribution in [2.75, 3.05) is 13.2 Å². The first-order valence-corrected chi connectivity index (χ1v) is 11.8. The van der Waals surface area contributed by atoms with Gasteiger partial charge in [-0.05, 0) is 53.9 Å². The summed E-state index contributed by atoms with van der Waals surface area (Å²) in [5.41, 5.74) is 1.93. The molecule has 7 heteroatoms. The summed E-state index contributed by atoms with van der Waals surface area (Å²) in [5, 5.41) is 11.3. The number of likely N-dealkylation sites (tertiary alicyclic amines) is 1. The normalized spacial score (nSPS) is 16.7. The minimum Gasteiger partial charge on any atom is -0.507 e. The molecule has 4 rings (SSSR count). The van der Waals surface area contributed by atoms with Crippen LogP contribution in [-0.2, 0) is 16.1 Å². The maximum atomic E-state index is 13.3. The molecule has 1 aromatic heterocycles. The van der Waals surface area contributed by atoms with E-state index in [1.807, 2.05) is 6.92 Å². The molecule has 7 nitrogen and oxygen atoms in total. The van der Waals surface area contributed by atoms with Gasteiger partial charge in [0, 0.05) is 24.5 Å². The molecule has 3 aromatic rings. The number of benzene rings is 2. The van der Waals surface area contributed by atoms with Crippen LogP contribution >= 0.6 is 0 Å². The van der Waals surface area contributed by atoms with Crippen LogP contribution in [0.25, 0.3) is 5.76 Å². The Hall–Kier alpha value is -4.39. The molecule has 1 unspecified atom stereocenters. The number of ketones is 1. The monoisotopic (exact) mass is 484 g/mol. The van der Waals surface area contributed by atoms with E-state index in [1.165, 1.54) is 4.90 Å². The standard InChI is InChI=1S/C29H28N2O5/c1-3-16-35-23-10-8-21(9-11-23)26-25(27(32)22-6-5-7-24(18-22)36-17-4-2)28(33)29(34)31(26)19-20-12-14-30-15-13-20/h3,5-15,18,26,32H,1,4,16-17,19H2,2H3. The molecular formula is C29H28N2O5. The molecule has 0 radical (unpaired) electrons. The summed E-state index contributed by atoms with van der Waals surface area (Å²) in [5.74, 6) is -0.454. The number of aliphatic hydroxyl groups is 1. The lowest BCUT2D eigenvalue weighted by Crippen LogP contribution is -2.29. The van der Waals surface area contributed by atoms with Gasteiger partial charge in [-0.15, -0.1) is 0 Å². The van der Waals surface area contributed by atoms with Gasteiger partial charge in [-0.3, -0.25) is 14.6 Å². The van der Waals surface area contributed by atoms with E-state index in [0.717, 1.165) is 12.0 Å². The maximum Gasteiger partial charge on any atom is 0.295 e. The minimum atomic E-state index is -0.785. The molecule has 0 saturated carbocycles. The summed E-state index contributed by atoms with van der Waals surface area (Å²) < 4.78 is 11.3. The van der Waals surface area contributed by atoms with Crippen molar-refractivity contribution in [2.45, 2.75) is 25.9 Å². The molecular weight excluding hydrogens is 456 g/mol. The average Bonchev–Trinajstić information content (AvgIpc) is 3.16. The molecule has 1 aliphatic rings. The predicted octanol–water partition coefficient (Wildman–Crippen LogP) is 5.06. The van der Waals surface area contributed by atoms with Gasteiger partial charge in [0.1, 0.15) is 23.9 Å². The van der Waals surface area contributed by atoms with Crippen molar-refractivity contribution in [1.82, 2.24) is 9.88 Å². The molecule has 1 atom stereocenters. The summed E-state index contributed by atoms with van der Waals surface area (Å²) in [6.45, 7) is 6.72. The molecule has 184 valence electrons. The molecule has 36 heavy (non-hydrogen) atoms. The highest BCUT2D eigenvalue weighted by molar-refractivity contribution is 6.46. The number of hydrogen-bond acceptors (Lipinski definition) is 6. The molecule has 1 N–H and O–H groups in total. The Balaban J connectivity index is 1.79. The fraction of sp³-hybridized carbons (Fsp3) is 0.207. The molecule has 0 spiro atoms. The predicted molar refractivity (Wildman–Crippen MR) is 136 cm³/mol. The fourth-order valence-electron chi connectivity index (χ4n) is 4.08. The fourth-order valence-corrected chi connectivity index (χ4v) is 4.08. The van der Waals surface area contributed by atoms with E-state index in [1.54, 1.807) is 79.1 Å². The number of nitrogens with zero attached hydrogens (tertiary/aromatic N) is 2. The number of amides is 1. The maximum absolute atomic E-state index is 13.3. The van der Waals surface area contributed by atoms with E-state index >= 15 is 0 Å². The number of aromatic nitrogens is 1. The summed E-state index contributed by atoms with van der Waals surface area (Å²) in [7, 11) is 0. The highest BCUT2D eigenvalue weighted by atomic mass is 16.5. The first-order chi connectivity index (χ1) is 17.5. The van der Waals surface area contributed by atoms with Gasteiger partial charge in [0.05, 0.1) is 18.2 Å². The van der Waals surface area contributed by atoms with Crippen molar-refractivity contribution in [3.63, 3.8) is 0 Å². The molecule has 0 bridgehead atoms. The van der Waals surface area contributed by atoms with Crippen LogP contribution in [0, 0.1) is 0 Å². The van der Waals surface area contributed by atoms with Crippen molar-refractivity contribution < 1.29 is 24.2 Å². The minimum absolute atomic E-state index is 0.0291. The SMILES string of the molecule is C=CCOc1ccc(C2C(=C(O)c3cccc(OCCC)c3)C(=O)C(=O)N2Cc2ccncc2)cc1. The van der Waals surface area contributed by atoms with E-state index in [2.05, 4.69) is 11.6 Å². The Morgan fingerprint density at radius 1 is 1.06 bits per heavy atom. The Morgan fingerprint density at radius 3 is 2.50 bits per heavy atom. The summed E-state index contributed by atoms with van der Waals surface area (Å²) in [6.07, 6.45) is 5.75. The number of rotatable bonds is 10. The molecule has 1 aliphatic heterocycles. The molecule has 0 aliphatic carbocycles. The molecule has 1 fully saturated rings. The lowest BCUT2D eigenvalue weighted by molar-refractivity contribution is -0.140. The second kappa shape index (κ2) is 11.4. The van der Waals surface area contributed by atoms with Crippen molar-refractivity contribution in [3.8, 4) is 11.5 Å². The van der Waals surface area contributed by atoms with Gasteiger partial charge in [-0.25, -0.2) is 0 Å². The Kier molecular flexibility index (Phi) is 7.80. The summed E-state index contributed by atoms with van der Waals surface area (Å²) in [4.78, 5) is 32.0. The third-order valence-corrected chi connectivity index (χ3v) is 5.79. The lowest BCUT2D eigenvalue weighted by atomic mass is 9.95. The van der Waals surface area contributed by atoms with Crippen LogP contribution in [0.5, 0.6) is 11.5 Å². The van der Waals surface area contributed by atoms with Crippen molar-refractivity contribution in [1.29, 1.82) is 0 Å². The molecule has 1 saturated heterocycles. The number of carbonyl (C=O) groups excluding carboxylic acids is 2. The summed E-state index contributed by atoms with van der Waals surface area (Å²) in [6, 6.07) is 16.8. The summed E-state index contributed by atoms with van der Waals surface area (Å²) >= 11 is 0. The third-order valence-electron chi connectivity index (χ3n) is 5.79. The first kappa shape index (κ1) is 24.7. The van der Waals surface area contributed by atoms with Gasteiger partial charge in [-0.2, -0.15) is 0 Å². The van der Waals surface area contributed by atoms with E-state index in [0.29, 0.717) is 35.8 Å². The zero-order valence-electron chi connectivity index (χ0n) is 20.1. The third kappa shape index (κ3) is 5.30. The van der Waals surface area contributed by atoms with Gasteiger partial charge in [0.25, 0.3) is 11.7 Å². The van der Waals surface area contributed by atoms with Gasteiger partial charge in [0.15, 0.2) is 0 Å². The van der Waals surface area contributed by atoms with Gasteiger partial charge < -0.3 is 19.5 Å². The highest BCUT2D eigenvalue weighted by Gasteiger charge is 2.46. The Morgan fingerprint density at radius 2 is 1.81 bits per heavy atom.